The topological polar surface area (TPSA) is 99.9 Å². The van der Waals surface area contributed by atoms with Crippen molar-refractivity contribution in [1.29, 1.82) is 5.26 Å². The van der Waals surface area contributed by atoms with E-state index < -0.39 is 20.0 Å². The first-order valence-corrected chi connectivity index (χ1v) is 13.7. The zero-order valence-electron chi connectivity index (χ0n) is 20.0. The van der Waals surface area contributed by atoms with E-state index in [1.807, 2.05) is 31.3 Å². The average molecular weight is 496 g/mol. The fraction of sp³-hybridized carbons (Fsp3) is 0.462. The van der Waals surface area contributed by atoms with Gasteiger partial charge in [0, 0.05) is 25.5 Å². The zero-order valence-corrected chi connectivity index (χ0v) is 20.8. The summed E-state index contributed by atoms with van der Waals surface area (Å²) < 4.78 is 34.7. The van der Waals surface area contributed by atoms with Gasteiger partial charge in [0.15, 0.2) is 9.84 Å². The highest BCUT2D eigenvalue weighted by molar-refractivity contribution is 7.91. The number of likely N-dealkylation sites (N-methyl/N-ethyl adjacent to an activating group) is 1. The van der Waals surface area contributed by atoms with E-state index in [-0.39, 0.29) is 19.1 Å². The van der Waals surface area contributed by atoms with Gasteiger partial charge >= 0.3 is 0 Å². The van der Waals surface area contributed by atoms with E-state index in [2.05, 4.69) is 11.0 Å². The van der Waals surface area contributed by atoms with Crippen LogP contribution in [0, 0.1) is 11.3 Å². The summed E-state index contributed by atoms with van der Waals surface area (Å²) in [4.78, 5) is 17.2. The summed E-state index contributed by atoms with van der Waals surface area (Å²) in [5, 5.41) is 9.32. The Balaban J connectivity index is 1.18. The minimum absolute atomic E-state index is 0.113. The number of likely N-dealkylation sites (tertiary alicyclic amines) is 1. The van der Waals surface area contributed by atoms with Crippen molar-refractivity contribution in [3.8, 4) is 11.8 Å². The Morgan fingerprint density at radius 1 is 1.11 bits per heavy atom. The van der Waals surface area contributed by atoms with Crippen LogP contribution in [0.5, 0.6) is 5.75 Å². The fourth-order valence-electron chi connectivity index (χ4n) is 5.50. The second-order valence-electron chi connectivity index (χ2n) is 9.76. The van der Waals surface area contributed by atoms with Crippen LogP contribution in [0.2, 0.25) is 0 Å². The maximum Gasteiger partial charge on any atom is 0.237 e. The number of carbonyl (C=O) groups is 1. The van der Waals surface area contributed by atoms with Gasteiger partial charge in [0.2, 0.25) is 5.91 Å². The van der Waals surface area contributed by atoms with E-state index in [1.165, 1.54) is 6.26 Å². The molecular formula is C26H29N3O5S. The molecule has 0 atom stereocenters. The van der Waals surface area contributed by atoms with Crippen molar-refractivity contribution < 1.29 is 22.7 Å². The first kappa shape index (κ1) is 23.8. The first-order valence-electron chi connectivity index (χ1n) is 11.8. The molecule has 5 rings (SSSR count). The van der Waals surface area contributed by atoms with Gasteiger partial charge in [0.05, 0.1) is 30.3 Å². The number of carbonyl (C=O) groups excluding carboxylic acids is 1. The number of nitrogens with zero attached hydrogens (tertiary/aromatic N) is 3. The summed E-state index contributed by atoms with van der Waals surface area (Å²) >= 11 is 0. The van der Waals surface area contributed by atoms with Crippen LogP contribution in [0.15, 0.2) is 42.5 Å². The Bertz CT molecular complexity index is 1290. The Hall–Kier alpha value is -2.93. The number of sulfone groups is 1. The molecule has 2 aromatic rings. The minimum atomic E-state index is -3.28. The summed E-state index contributed by atoms with van der Waals surface area (Å²) in [5.74, 6) is 0.805. The third-order valence-electron chi connectivity index (χ3n) is 7.86. The van der Waals surface area contributed by atoms with Crippen molar-refractivity contribution in [3.63, 3.8) is 0 Å². The van der Waals surface area contributed by atoms with Crippen molar-refractivity contribution in [2.75, 3.05) is 57.7 Å². The molecule has 0 aliphatic carbocycles. The Morgan fingerprint density at radius 3 is 2.37 bits per heavy atom. The smallest absolute Gasteiger partial charge is 0.237 e. The van der Waals surface area contributed by atoms with Gasteiger partial charge in [-0.25, -0.2) is 8.42 Å². The molecule has 3 aliphatic rings. The van der Waals surface area contributed by atoms with Gasteiger partial charge in [-0.15, -0.1) is 0 Å². The Morgan fingerprint density at radius 2 is 1.80 bits per heavy atom. The standard InChI is InChI=1S/C26H29N3O5S/c1-28-23-8-3-19(16-27)15-22(23)25(24(28)30)9-11-29(12-10-25)13-14-34-21-6-4-20(5-7-21)26(17-33-18-26)35(2,31)32/h3-8,15H,9-14,17-18H2,1-2H3. The third-order valence-corrected chi connectivity index (χ3v) is 9.75. The molecule has 0 aromatic heterocycles. The lowest BCUT2D eigenvalue weighted by atomic mass is 9.73. The van der Waals surface area contributed by atoms with Crippen LogP contribution in [-0.4, -0.2) is 72.0 Å². The predicted octanol–water partition coefficient (Wildman–Crippen LogP) is 2.22. The highest BCUT2D eigenvalue weighted by atomic mass is 32.2. The molecule has 0 bridgehead atoms. The second-order valence-corrected chi connectivity index (χ2v) is 12.1. The van der Waals surface area contributed by atoms with Crippen LogP contribution in [0.3, 0.4) is 0 Å². The lowest BCUT2D eigenvalue weighted by molar-refractivity contribution is -0.124. The zero-order chi connectivity index (χ0) is 24.8. The van der Waals surface area contributed by atoms with Crippen LogP contribution in [0.4, 0.5) is 5.69 Å². The molecule has 1 amide bonds. The molecule has 2 fully saturated rings. The summed E-state index contributed by atoms with van der Waals surface area (Å²) in [6.07, 6.45) is 2.67. The van der Waals surface area contributed by atoms with Gasteiger partial charge in [-0.3, -0.25) is 9.69 Å². The SMILES string of the molecule is CN1C(=O)C2(CCN(CCOc3ccc(C4(S(C)(=O)=O)COC4)cc3)CC2)c2cc(C#N)ccc21. The number of anilines is 1. The van der Waals surface area contributed by atoms with Crippen molar-refractivity contribution in [2.24, 2.45) is 0 Å². The van der Waals surface area contributed by atoms with E-state index in [1.54, 1.807) is 23.1 Å². The van der Waals surface area contributed by atoms with Crippen LogP contribution >= 0.6 is 0 Å². The third kappa shape index (κ3) is 3.80. The molecule has 2 saturated heterocycles. The number of piperidine rings is 1. The predicted molar refractivity (Wildman–Crippen MR) is 131 cm³/mol. The van der Waals surface area contributed by atoms with Crippen LogP contribution in [-0.2, 0) is 29.5 Å². The van der Waals surface area contributed by atoms with E-state index >= 15 is 0 Å². The molecule has 35 heavy (non-hydrogen) atoms. The molecule has 184 valence electrons. The number of benzene rings is 2. The average Bonchev–Trinajstić information content (AvgIpc) is 3.01. The number of hydrogen-bond donors (Lipinski definition) is 0. The maximum atomic E-state index is 13.2. The molecule has 9 heteroatoms. The van der Waals surface area contributed by atoms with Gasteiger partial charge in [-0.05, 0) is 67.4 Å². The van der Waals surface area contributed by atoms with Crippen molar-refractivity contribution in [1.82, 2.24) is 4.90 Å². The van der Waals surface area contributed by atoms with Crippen LogP contribution in [0.25, 0.3) is 0 Å². The van der Waals surface area contributed by atoms with E-state index in [0.29, 0.717) is 30.8 Å². The highest BCUT2D eigenvalue weighted by Gasteiger charge is 2.51. The van der Waals surface area contributed by atoms with E-state index in [0.717, 1.165) is 36.4 Å². The van der Waals surface area contributed by atoms with E-state index in [9.17, 15) is 18.5 Å². The summed E-state index contributed by atoms with van der Waals surface area (Å²) in [6, 6.07) is 14.9. The molecular weight excluding hydrogens is 466 g/mol. The van der Waals surface area contributed by atoms with Gasteiger partial charge in [0.25, 0.3) is 0 Å². The lowest BCUT2D eigenvalue weighted by Crippen LogP contribution is -2.52. The molecule has 1 spiro atoms. The Labute approximate surface area is 206 Å². The molecule has 3 aliphatic heterocycles. The van der Waals surface area contributed by atoms with Gasteiger partial charge in [-0.2, -0.15) is 5.26 Å². The number of fused-ring (bicyclic) bond motifs is 2. The number of ether oxygens (including phenoxy) is 2. The van der Waals surface area contributed by atoms with Crippen molar-refractivity contribution in [2.45, 2.75) is 23.0 Å². The summed E-state index contributed by atoms with van der Waals surface area (Å²) in [5.41, 5.74) is 2.64. The molecule has 0 radical (unpaired) electrons. The van der Waals surface area contributed by atoms with Crippen molar-refractivity contribution >= 4 is 21.4 Å². The summed E-state index contributed by atoms with van der Waals surface area (Å²) in [6.45, 7) is 3.14. The molecule has 0 saturated carbocycles. The van der Waals surface area contributed by atoms with Crippen molar-refractivity contribution in [3.05, 3.63) is 59.2 Å². The van der Waals surface area contributed by atoms with Crippen LogP contribution in [0.1, 0.15) is 29.5 Å². The van der Waals surface area contributed by atoms with Gasteiger partial charge in [0.1, 0.15) is 17.1 Å². The molecule has 0 unspecified atom stereocenters. The quantitative estimate of drug-likeness (QED) is 0.606. The van der Waals surface area contributed by atoms with Crippen LogP contribution < -0.4 is 9.64 Å². The number of hydrogen-bond acceptors (Lipinski definition) is 7. The second kappa shape index (κ2) is 8.63. The van der Waals surface area contributed by atoms with E-state index in [4.69, 9.17) is 9.47 Å². The molecule has 3 heterocycles. The molecule has 8 nitrogen and oxygen atoms in total. The number of amides is 1. The number of rotatable bonds is 6. The largest absolute Gasteiger partial charge is 0.492 e. The first-order chi connectivity index (χ1) is 16.7. The normalized spacial score (nSPS) is 20.8. The fourth-order valence-corrected chi connectivity index (χ4v) is 6.66. The summed E-state index contributed by atoms with van der Waals surface area (Å²) in [7, 11) is -1.47. The Kier molecular flexibility index (Phi) is 5.86. The highest BCUT2D eigenvalue weighted by Crippen LogP contribution is 2.47. The number of nitriles is 1. The van der Waals surface area contributed by atoms with Gasteiger partial charge < -0.3 is 14.4 Å². The molecule has 2 aromatic carbocycles. The monoisotopic (exact) mass is 495 g/mol. The lowest BCUT2D eigenvalue weighted by Gasteiger charge is -2.40. The van der Waals surface area contributed by atoms with Gasteiger partial charge in [-0.1, -0.05) is 12.1 Å². The minimum Gasteiger partial charge on any atom is -0.492 e. The maximum absolute atomic E-state index is 13.2. The molecule has 0 N–H and O–H groups in total.